The first-order chi connectivity index (χ1) is 19.5. The van der Waals surface area contributed by atoms with E-state index in [4.69, 9.17) is 5.26 Å². The zero-order valence-electron chi connectivity index (χ0n) is 21.8. The summed E-state index contributed by atoms with van der Waals surface area (Å²) in [6, 6.07) is 30.1. The summed E-state index contributed by atoms with van der Waals surface area (Å²) in [4.78, 5) is 13.8. The number of carbonyl (C=O) groups is 1. The predicted molar refractivity (Wildman–Crippen MR) is 168 cm³/mol. The number of para-hydroxylation sites is 1. The summed E-state index contributed by atoms with van der Waals surface area (Å²) >= 11 is 3.53. The molecule has 0 saturated heterocycles. The Morgan fingerprint density at radius 1 is 0.875 bits per heavy atom. The van der Waals surface area contributed by atoms with E-state index >= 15 is 0 Å². The number of nitrogens with zero attached hydrogens (tertiary/aromatic N) is 2. The van der Waals surface area contributed by atoms with Crippen LogP contribution in [0.3, 0.4) is 0 Å². The van der Waals surface area contributed by atoms with Crippen LogP contribution >= 0.6 is 22.7 Å². The number of nitriles is 1. The number of aliphatic carboxylic acids is 1. The summed E-state index contributed by atoms with van der Waals surface area (Å²) in [7, 11) is 0. The molecule has 40 heavy (non-hydrogen) atoms. The van der Waals surface area contributed by atoms with Crippen LogP contribution in [0.4, 0.5) is 11.4 Å². The van der Waals surface area contributed by atoms with E-state index < -0.39 is 5.97 Å². The monoisotopic (exact) mass is 556 g/mol. The molecule has 0 unspecified atom stereocenters. The summed E-state index contributed by atoms with van der Waals surface area (Å²) in [5.41, 5.74) is 8.29. The minimum absolute atomic E-state index is 0.265. The summed E-state index contributed by atoms with van der Waals surface area (Å²) in [5, 5.41) is 20.8. The molecule has 0 atom stereocenters. The number of hydrogen-bond donors (Lipinski definition) is 1. The van der Waals surface area contributed by atoms with Gasteiger partial charge in [-0.05, 0) is 96.1 Å². The van der Waals surface area contributed by atoms with Crippen LogP contribution in [0.2, 0.25) is 0 Å². The minimum Gasteiger partial charge on any atom is -0.477 e. The van der Waals surface area contributed by atoms with Crippen molar-refractivity contribution in [1.82, 2.24) is 0 Å². The van der Waals surface area contributed by atoms with Crippen molar-refractivity contribution in [3.63, 3.8) is 0 Å². The van der Waals surface area contributed by atoms with Crippen LogP contribution in [0.15, 0.2) is 84.4 Å². The van der Waals surface area contributed by atoms with Crippen molar-refractivity contribution in [2.45, 2.75) is 19.8 Å². The van der Waals surface area contributed by atoms with Gasteiger partial charge in [0.2, 0.25) is 0 Å². The third kappa shape index (κ3) is 3.98. The quantitative estimate of drug-likeness (QED) is 0.174. The maximum absolute atomic E-state index is 11.3. The van der Waals surface area contributed by atoms with Gasteiger partial charge in [-0.3, -0.25) is 0 Å². The maximum atomic E-state index is 11.3. The van der Waals surface area contributed by atoms with Crippen molar-refractivity contribution in [1.29, 1.82) is 5.26 Å². The average Bonchev–Trinajstić information content (AvgIpc) is 3.46. The number of hydrogen-bond acceptors (Lipinski definition) is 5. The SMILES string of the molecule is CCN1c2ccccc2CCc2cc(-c3ccc4sc5c6cc(/C=C(\C#N)C(=O)O)ccc6sc5c4c3)ccc21. The van der Waals surface area contributed by atoms with Crippen molar-refractivity contribution < 1.29 is 9.90 Å². The molecule has 1 N–H and O–H groups in total. The standard InChI is InChI=1S/C34H24N2O2S2/c1-2-36-28-6-4-3-5-21(28)8-9-24-17-22(10-12-29(24)36)23-11-14-31-27(18-23)33-32(40-31)26-16-20(7-13-30(26)39-33)15-25(19-35)34(37)38/h3-7,10-18H,2,8-9H2,1H3,(H,37,38)/b25-15+. The van der Waals surface area contributed by atoms with Gasteiger partial charge in [0.25, 0.3) is 0 Å². The molecule has 6 heteroatoms. The molecular formula is C34H24N2O2S2. The van der Waals surface area contributed by atoms with Gasteiger partial charge < -0.3 is 10.0 Å². The Labute approximate surface area is 239 Å². The molecule has 2 aromatic heterocycles. The number of thiophene rings is 2. The molecule has 1 aliphatic heterocycles. The lowest BCUT2D eigenvalue weighted by Crippen LogP contribution is -2.17. The molecule has 0 fully saturated rings. The summed E-state index contributed by atoms with van der Waals surface area (Å²) < 4.78 is 4.84. The summed E-state index contributed by atoms with van der Waals surface area (Å²) in [5.74, 6) is -1.21. The van der Waals surface area contributed by atoms with Gasteiger partial charge in [-0.25, -0.2) is 4.79 Å². The summed E-state index contributed by atoms with van der Waals surface area (Å²) in [6.07, 6.45) is 3.49. The molecule has 4 aromatic carbocycles. The molecule has 4 nitrogen and oxygen atoms in total. The molecule has 0 spiro atoms. The molecule has 0 radical (unpaired) electrons. The maximum Gasteiger partial charge on any atom is 0.346 e. The normalized spacial score (nSPS) is 13.3. The highest BCUT2D eigenvalue weighted by Gasteiger charge is 2.20. The third-order valence-electron chi connectivity index (χ3n) is 7.73. The lowest BCUT2D eigenvalue weighted by molar-refractivity contribution is -0.132. The van der Waals surface area contributed by atoms with Gasteiger partial charge in [-0.1, -0.05) is 36.4 Å². The van der Waals surface area contributed by atoms with E-state index in [1.54, 1.807) is 28.7 Å². The smallest absolute Gasteiger partial charge is 0.346 e. The molecular weight excluding hydrogens is 533 g/mol. The Kier molecular flexibility index (Phi) is 5.92. The van der Waals surface area contributed by atoms with Gasteiger partial charge in [0.05, 0.1) is 9.40 Å². The van der Waals surface area contributed by atoms with E-state index in [1.807, 2.05) is 18.2 Å². The van der Waals surface area contributed by atoms with Gasteiger partial charge in [-0.2, -0.15) is 5.26 Å². The van der Waals surface area contributed by atoms with E-state index in [-0.39, 0.29) is 5.57 Å². The number of aryl methyl sites for hydroxylation is 2. The zero-order chi connectivity index (χ0) is 27.4. The van der Waals surface area contributed by atoms with E-state index in [0.717, 1.165) is 35.0 Å². The molecule has 0 amide bonds. The van der Waals surface area contributed by atoms with Crippen LogP contribution in [-0.4, -0.2) is 17.6 Å². The highest BCUT2D eigenvalue weighted by atomic mass is 32.1. The lowest BCUT2D eigenvalue weighted by Gasteiger charge is -2.25. The number of carboxylic acids is 1. The van der Waals surface area contributed by atoms with Gasteiger partial charge >= 0.3 is 5.97 Å². The van der Waals surface area contributed by atoms with Crippen LogP contribution < -0.4 is 4.90 Å². The first-order valence-electron chi connectivity index (χ1n) is 13.3. The molecule has 0 saturated carbocycles. The fourth-order valence-electron chi connectivity index (χ4n) is 5.81. The fourth-order valence-corrected chi connectivity index (χ4v) is 8.41. The van der Waals surface area contributed by atoms with Crippen molar-refractivity contribution in [2.24, 2.45) is 0 Å². The number of fused-ring (bicyclic) bond motifs is 7. The Bertz CT molecular complexity index is 2060. The first kappa shape index (κ1) is 24.6. The minimum atomic E-state index is -1.21. The molecule has 0 aliphatic carbocycles. The van der Waals surface area contributed by atoms with Crippen LogP contribution in [-0.2, 0) is 17.6 Å². The number of benzene rings is 4. The second-order valence-electron chi connectivity index (χ2n) is 10.0. The van der Waals surface area contributed by atoms with E-state index in [1.165, 1.54) is 59.2 Å². The zero-order valence-corrected chi connectivity index (χ0v) is 23.4. The Morgan fingerprint density at radius 3 is 2.27 bits per heavy atom. The van der Waals surface area contributed by atoms with Crippen molar-refractivity contribution in [3.8, 4) is 17.2 Å². The van der Waals surface area contributed by atoms with Crippen LogP contribution in [0.5, 0.6) is 0 Å². The predicted octanol–water partition coefficient (Wildman–Crippen LogP) is 9.18. The Morgan fingerprint density at radius 2 is 1.52 bits per heavy atom. The Balaban J connectivity index is 1.31. The number of carboxylic acid groups (broad SMARTS) is 1. The number of anilines is 2. The average molecular weight is 557 g/mol. The largest absolute Gasteiger partial charge is 0.477 e. The highest BCUT2D eigenvalue weighted by molar-refractivity contribution is 7.36. The van der Waals surface area contributed by atoms with E-state index in [9.17, 15) is 9.90 Å². The van der Waals surface area contributed by atoms with Crippen molar-refractivity contribution in [3.05, 3.63) is 101 Å². The highest BCUT2D eigenvalue weighted by Crippen LogP contribution is 2.46. The van der Waals surface area contributed by atoms with E-state index in [0.29, 0.717) is 0 Å². The van der Waals surface area contributed by atoms with E-state index in [2.05, 4.69) is 72.5 Å². The molecule has 7 rings (SSSR count). The van der Waals surface area contributed by atoms with Crippen LogP contribution in [0.1, 0.15) is 23.6 Å². The molecule has 3 heterocycles. The second-order valence-corrected chi connectivity index (χ2v) is 12.1. The molecule has 0 bridgehead atoms. The topological polar surface area (TPSA) is 64.3 Å². The van der Waals surface area contributed by atoms with Gasteiger partial charge in [0.15, 0.2) is 0 Å². The summed E-state index contributed by atoms with van der Waals surface area (Å²) in [6.45, 7) is 3.15. The second kappa shape index (κ2) is 9.63. The van der Waals surface area contributed by atoms with Crippen molar-refractivity contribution in [2.75, 3.05) is 11.4 Å². The van der Waals surface area contributed by atoms with Crippen LogP contribution in [0.25, 0.3) is 46.8 Å². The van der Waals surface area contributed by atoms with Gasteiger partial charge in [0.1, 0.15) is 11.6 Å². The fraction of sp³-hybridized carbons (Fsp3) is 0.118. The first-order valence-corrected chi connectivity index (χ1v) is 14.9. The third-order valence-corrected chi connectivity index (χ3v) is 10.3. The van der Waals surface area contributed by atoms with Gasteiger partial charge in [-0.15, -0.1) is 22.7 Å². The molecule has 6 aromatic rings. The van der Waals surface area contributed by atoms with Crippen LogP contribution in [0, 0.1) is 11.3 Å². The lowest BCUT2D eigenvalue weighted by atomic mass is 9.98. The van der Waals surface area contributed by atoms with Gasteiger partial charge in [0, 0.05) is 38.1 Å². The molecule has 194 valence electrons. The molecule has 1 aliphatic rings. The van der Waals surface area contributed by atoms with Crippen molar-refractivity contribution >= 4 is 75.7 Å². The number of rotatable bonds is 4. The Hall–Kier alpha value is -4.44.